The van der Waals surface area contributed by atoms with E-state index in [-0.39, 0.29) is 17.7 Å². The van der Waals surface area contributed by atoms with Gasteiger partial charge in [0.25, 0.3) is 5.91 Å². The Labute approximate surface area is 141 Å². The average Bonchev–Trinajstić information content (AvgIpc) is 3.15. The molecule has 0 aromatic heterocycles. The van der Waals surface area contributed by atoms with Crippen molar-refractivity contribution in [3.05, 3.63) is 35.4 Å². The van der Waals surface area contributed by atoms with Gasteiger partial charge in [-0.25, -0.2) is 0 Å². The van der Waals surface area contributed by atoms with Crippen molar-refractivity contribution >= 4 is 17.7 Å². The molecule has 0 spiro atoms. The molecular weight excluding hydrogens is 306 g/mol. The number of hydrogen-bond acceptors (Lipinski definition) is 3. The molecule has 2 aliphatic rings. The van der Waals surface area contributed by atoms with E-state index in [4.69, 9.17) is 5.73 Å². The van der Waals surface area contributed by atoms with Crippen LogP contribution in [0.1, 0.15) is 46.4 Å². The molecule has 0 unspecified atom stereocenters. The number of benzene rings is 1. The van der Waals surface area contributed by atoms with E-state index < -0.39 is 5.91 Å². The maximum atomic E-state index is 12.5. The smallest absolute Gasteiger partial charge is 0.253 e. The van der Waals surface area contributed by atoms with Crippen molar-refractivity contribution in [3.8, 4) is 0 Å². The molecule has 1 aliphatic heterocycles. The predicted molar refractivity (Wildman–Crippen MR) is 89.4 cm³/mol. The summed E-state index contributed by atoms with van der Waals surface area (Å²) in [6, 6.07) is 6.38. The van der Waals surface area contributed by atoms with Gasteiger partial charge in [-0.1, -0.05) is 12.8 Å². The molecule has 3 amide bonds. The molecule has 1 saturated heterocycles. The van der Waals surface area contributed by atoms with Crippen LogP contribution in [-0.2, 0) is 4.79 Å². The van der Waals surface area contributed by atoms with Gasteiger partial charge in [0.1, 0.15) is 0 Å². The molecule has 2 fully saturated rings. The molecule has 6 nitrogen and oxygen atoms in total. The second kappa shape index (κ2) is 7.03. The van der Waals surface area contributed by atoms with Crippen molar-refractivity contribution in [1.29, 1.82) is 0 Å². The minimum absolute atomic E-state index is 0.0704. The first-order valence-electron chi connectivity index (χ1n) is 8.54. The second-order valence-corrected chi connectivity index (χ2v) is 6.54. The molecule has 1 saturated carbocycles. The molecule has 6 heteroatoms. The van der Waals surface area contributed by atoms with Crippen LogP contribution >= 0.6 is 0 Å². The molecule has 2 N–H and O–H groups in total. The zero-order valence-corrected chi connectivity index (χ0v) is 13.7. The molecule has 128 valence electrons. The lowest BCUT2D eigenvalue weighted by Gasteiger charge is -2.36. The molecule has 3 rings (SSSR count). The molecular formula is C18H23N3O3. The van der Waals surface area contributed by atoms with Crippen molar-refractivity contribution < 1.29 is 14.4 Å². The molecule has 0 bridgehead atoms. The van der Waals surface area contributed by atoms with Crippen LogP contribution in [0.2, 0.25) is 0 Å². The highest BCUT2D eigenvalue weighted by molar-refractivity contribution is 5.97. The van der Waals surface area contributed by atoms with Crippen LogP contribution in [0.5, 0.6) is 0 Å². The Morgan fingerprint density at radius 1 is 0.833 bits per heavy atom. The fourth-order valence-electron chi connectivity index (χ4n) is 3.52. The van der Waals surface area contributed by atoms with E-state index in [9.17, 15) is 14.4 Å². The van der Waals surface area contributed by atoms with Crippen LogP contribution in [0.25, 0.3) is 0 Å². The van der Waals surface area contributed by atoms with Crippen LogP contribution in [0.3, 0.4) is 0 Å². The zero-order valence-electron chi connectivity index (χ0n) is 13.7. The molecule has 1 aromatic rings. The number of piperazine rings is 1. The number of amides is 3. The Kier molecular flexibility index (Phi) is 4.83. The average molecular weight is 329 g/mol. The first-order valence-corrected chi connectivity index (χ1v) is 8.54. The second-order valence-electron chi connectivity index (χ2n) is 6.54. The fraction of sp³-hybridized carbons (Fsp3) is 0.500. The first-order chi connectivity index (χ1) is 11.6. The van der Waals surface area contributed by atoms with Gasteiger partial charge in [0, 0.05) is 43.2 Å². The minimum Gasteiger partial charge on any atom is -0.366 e. The summed E-state index contributed by atoms with van der Waals surface area (Å²) in [5.74, 6) is -0.133. The van der Waals surface area contributed by atoms with E-state index in [0.29, 0.717) is 37.3 Å². The zero-order chi connectivity index (χ0) is 17.1. The third-order valence-electron chi connectivity index (χ3n) is 5.00. The van der Waals surface area contributed by atoms with Crippen LogP contribution in [-0.4, -0.2) is 53.7 Å². The summed E-state index contributed by atoms with van der Waals surface area (Å²) in [5.41, 5.74) is 6.13. The third-order valence-corrected chi connectivity index (χ3v) is 5.00. The van der Waals surface area contributed by atoms with Gasteiger partial charge in [-0.05, 0) is 37.1 Å². The lowest BCUT2D eigenvalue weighted by atomic mass is 10.1. The Hall–Kier alpha value is -2.37. The molecule has 24 heavy (non-hydrogen) atoms. The van der Waals surface area contributed by atoms with E-state index in [1.165, 1.54) is 0 Å². The van der Waals surface area contributed by atoms with Crippen LogP contribution < -0.4 is 5.73 Å². The minimum atomic E-state index is -0.506. The van der Waals surface area contributed by atoms with Gasteiger partial charge in [-0.15, -0.1) is 0 Å². The highest BCUT2D eigenvalue weighted by atomic mass is 16.2. The van der Waals surface area contributed by atoms with E-state index in [1.54, 1.807) is 29.2 Å². The summed E-state index contributed by atoms with van der Waals surface area (Å²) < 4.78 is 0. The maximum absolute atomic E-state index is 12.5. The van der Waals surface area contributed by atoms with E-state index in [0.717, 1.165) is 25.7 Å². The van der Waals surface area contributed by atoms with Gasteiger partial charge < -0.3 is 15.5 Å². The molecule has 1 aliphatic carbocycles. The number of rotatable bonds is 3. The fourth-order valence-corrected chi connectivity index (χ4v) is 3.52. The summed E-state index contributed by atoms with van der Waals surface area (Å²) in [6.07, 6.45) is 4.31. The highest BCUT2D eigenvalue weighted by Gasteiger charge is 2.30. The van der Waals surface area contributed by atoms with E-state index >= 15 is 0 Å². The van der Waals surface area contributed by atoms with Crippen LogP contribution in [0.15, 0.2) is 24.3 Å². The van der Waals surface area contributed by atoms with Crippen molar-refractivity contribution in [1.82, 2.24) is 9.80 Å². The first kappa shape index (κ1) is 16.5. The largest absolute Gasteiger partial charge is 0.366 e. The third kappa shape index (κ3) is 3.42. The highest BCUT2D eigenvalue weighted by Crippen LogP contribution is 2.27. The summed E-state index contributed by atoms with van der Waals surface area (Å²) in [7, 11) is 0. The van der Waals surface area contributed by atoms with Crippen molar-refractivity contribution in [2.75, 3.05) is 26.2 Å². The molecule has 1 aromatic carbocycles. The summed E-state index contributed by atoms with van der Waals surface area (Å²) in [6.45, 7) is 2.30. The Bertz CT molecular complexity index is 627. The maximum Gasteiger partial charge on any atom is 0.253 e. The van der Waals surface area contributed by atoms with Gasteiger partial charge >= 0.3 is 0 Å². The summed E-state index contributed by atoms with van der Waals surface area (Å²) >= 11 is 0. The molecule has 1 heterocycles. The van der Waals surface area contributed by atoms with E-state index in [1.807, 2.05) is 4.90 Å². The number of hydrogen-bond donors (Lipinski definition) is 1. The Morgan fingerprint density at radius 3 is 1.88 bits per heavy atom. The van der Waals surface area contributed by atoms with Gasteiger partial charge in [0.2, 0.25) is 11.8 Å². The Balaban J connectivity index is 1.56. The van der Waals surface area contributed by atoms with Gasteiger partial charge in [-0.3, -0.25) is 14.4 Å². The number of primary amides is 1. The number of carbonyl (C=O) groups is 3. The molecule has 0 radical (unpaired) electrons. The van der Waals surface area contributed by atoms with Crippen LogP contribution in [0, 0.1) is 5.92 Å². The quantitative estimate of drug-likeness (QED) is 0.906. The normalized spacial score (nSPS) is 18.7. The number of carbonyl (C=O) groups excluding carboxylic acids is 3. The van der Waals surface area contributed by atoms with Gasteiger partial charge in [0.15, 0.2) is 0 Å². The number of nitrogens with zero attached hydrogens (tertiary/aromatic N) is 2. The molecule has 0 atom stereocenters. The van der Waals surface area contributed by atoms with Crippen molar-refractivity contribution in [2.45, 2.75) is 25.7 Å². The Morgan fingerprint density at radius 2 is 1.33 bits per heavy atom. The van der Waals surface area contributed by atoms with Crippen molar-refractivity contribution in [3.63, 3.8) is 0 Å². The lowest BCUT2D eigenvalue weighted by Crippen LogP contribution is -2.51. The summed E-state index contributed by atoms with van der Waals surface area (Å²) in [4.78, 5) is 39.7. The standard InChI is InChI=1S/C18H23N3O3/c19-16(22)13-5-7-15(8-6-13)18(24)21-11-9-20(10-12-21)17(23)14-3-1-2-4-14/h5-8,14H,1-4,9-12H2,(H2,19,22). The van der Waals surface area contributed by atoms with Crippen molar-refractivity contribution in [2.24, 2.45) is 11.7 Å². The monoisotopic (exact) mass is 329 g/mol. The number of nitrogens with two attached hydrogens (primary N) is 1. The van der Waals surface area contributed by atoms with E-state index in [2.05, 4.69) is 0 Å². The predicted octanol–water partition coefficient (Wildman–Crippen LogP) is 1.26. The van der Waals surface area contributed by atoms with Gasteiger partial charge in [0.05, 0.1) is 0 Å². The summed E-state index contributed by atoms with van der Waals surface area (Å²) in [5, 5.41) is 0. The van der Waals surface area contributed by atoms with Gasteiger partial charge in [-0.2, -0.15) is 0 Å². The SMILES string of the molecule is NC(=O)c1ccc(C(=O)N2CCN(C(=O)C3CCCC3)CC2)cc1. The van der Waals surface area contributed by atoms with Crippen LogP contribution in [0.4, 0.5) is 0 Å². The topological polar surface area (TPSA) is 83.7 Å². The lowest BCUT2D eigenvalue weighted by molar-refractivity contribution is -0.136.